The second-order valence-electron chi connectivity index (χ2n) is 6.65. The molecule has 1 N–H and O–H groups in total. The fourth-order valence-electron chi connectivity index (χ4n) is 3.22. The fourth-order valence-corrected chi connectivity index (χ4v) is 3.22. The average molecular weight is 372 g/mol. The molecule has 6 nitrogen and oxygen atoms in total. The van der Waals surface area contributed by atoms with Crippen molar-refractivity contribution in [2.45, 2.75) is 25.8 Å². The maximum absolute atomic E-state index is 12.6. The van der Waals surface area contributed by atoms with Gasteiger partial charge in [-0.25, -0.2) is 4.98 Å². The van der Waals surface area contributed by atoms with Crippen LogP contribution in [0.3, 0.4) is 0 Å². The van der Waals surface area contributed by atoms with Gasteiger partial charge in [0.2, 0.25) is 0 Å². The molecule has 0 fully saturated rings. The van der Waals surface area contributed by atoms with E-state index in [-0.39, 0.29) is 30.4 Å². The lowest BCUT2D eigenvalue weighted by molar-refractivity contribution is -0.119. The zero-order valence-corrected chi connectivity index (χ0v) is 15.4. The van der Waals surface area contributed by atoms with Gasteiger partial charge in [0.25, 0.3) is 0 Å². The quantitative estimate of drug-likeness (QED) is 0.877. The number of fused-ring (bicyclic) bond motifs is 2. The third-order valence-corrected chi connectivity index (χ3v) is 4.61. The normalized spacial score (nSPS) is 17.5. The van der Waals surface area contributed by atoms with Crippen molar-refractivity contribution in [3.63, 3.8) is 0 Å². The number of rotatable bonds is 2. The van der Waals surface area contributed by atoms with Crippen molar-refractivity contribution in [1.82, 2.24) is 9.97 Å². The first-order valence-corrected chi connectivity index (χ1v) is 8.02. The number of allylic oxidation sites excluding steroid dienone is 1. The topological polar surface area (TPSA) is 84.4 Å². The number of Topliss-reactive ketones (excluding diaryl/α,β-unsaturated/α-hetero) is 2. The molecule has 2 aromatic rings. The Morgan fingerprint density at radius 3 is 2.65 bits per heavy atom. The van der Waals surface area contributed by atoms with E-state index in [1.807, 2.05) is 24.3 Å². The number of imidazole rings is 1. The predicted octanol–water partition coefficient (Wildman–Crippen LogP) is 3.28. The van der Waals surface area contributed by atoms with Crippen molar-refractivity contribution in [3.8, 4) is 17.1 Å². The van der Waals surface area contributed by atoms with E-state index >= 15 is 0 Å². The van der Waals surface area contributed by atoms with Crippen molar-refractivity contribution in [3.05, 3.63) is 41.2 Å². The Kier molecular flexibility index (Phi) is 4.32. The molecule has 4 rings (SSSR count). The Morgan fingerprint density at radius 2 is 1.92 bits per heavy atom. The summed E-state index contributed by atoms with van der Waals surface area (Å²) in [5, 5.41) is 0. The summed E-state index contributed by atoms with van der Waals surface area (Å²) in [5.74, 6) is 0.938. The molecule has 1 aliphatic carbocycles. The molecule has 7 heteroatoms. The van der Waals surface area contributed by atoms with E-state index < -0.39 is 5.54 Å². The number of benzene rings is 1. The lowest BCUT2D eigenvalue weighted by Crippen LogP contribution is -2.36. The predicted molar refractivity (Wildman–Crippen MR) is 101 cm³/mol. The molecule has 2 aliphatic rings. The molecule has 0 spiro atoms. The number of para-hydroxylation sites is 1. The number of methoxy groups -OCH3 is 1. The second-order valence-corrected chi connectivity index (χ2v) is 6.65. The van der Waals surface area contributed by atoms with Crippen LogP contribution in [0.2, 0.25) is 0 Å². The van der Waals surface area contributed by atoms with E-state index in [0.717, 1.165) is 5.56 Å². The molecular formula is C19H18ClN3O3. The average Bonchev–Trinajstić information content (AvgIpc) is 3.05. The van der Waals surface area contributed by atoms with Crippen molar-refractivity contribution in [1.29, 1.82) is 0 Å². The van der Waals surface area contributed by atoms with Crippen LogP contribution >= 0.6 is 12.4 Å². The van der Waals surface area contributed by atoms with Crippen molar-refractivity contribution in [2.24, 2.45) is 4.99 Å². The molecule has 1 aromatic heterocycles. The molecule has 134 valence electrons. The van der Waals surface area contributed by atoms with Crippen LogP contribution in [0.25, 0.3) is 17.0 Å². The number of aromatic amines is 1. The number of ketones is 2. The molecule has 0 atom stereocenters. The van der Waals surface area contributed by atoms with Crippen LogP contribution < -0.4 is 4.74 Å². The van der Waals surface area contributed by atoms with Crippen LogP contribution in [0.4, 0.5) is 0 Å². The molecule has 26 heavy (non-hydrogen) atoms. The number of nitrogens with one attached hydrogen (secondary N) is 1. The Bertz CT molecular complexity index is 986. The minimum atomic E-state index is -0.835. The van der Waals surface area contributed by atoms with Gasteiger partial charge in [-0.2, -0.15) is 0 Å². The van der Waals surface area contributed by atoms with Crippen LogP contribution in [-0.4, -0.2) is 40.4 Å². The highest BCUT2D eigenvalue weighted by Crippen LogP contribution is 2.37. The first-order valence-electron chi connectivity index (χ1n) is 8.02. The van der Waals surface area contributed by atoms with Gasteiger partial charge in [-0.3, -0.25) is 14.6 Å². The van der Waals surface area contributed by atoms with Crippen molar-refractivity contribution in [2.75, 3.05) is 7.11 Å². The summed E-state index contributed by atoms with van der Waals surface area (Å²) in [4.78, 5) is 37.2. The molecule has 0 bridgehead atoms. The molecule has 0 radical (unpaired) electrons. The first-order chi connectivity index (χ1) is 11.9. The van der Waals surface area contributed by atoms with Crippen LogP contribution in [-0.2, 0) is 4.79 Å². The number of carbonyl (C=O) groups excluding carboxylic acids is 2. The van der Waals surface area contributed by atoms with Gasteiger partial charge >= 0.3 is 0 Å². The summed E-state index contributed by atoms with van der Waals surface area (Å²) in [6, 6.07) is 7.44. The maximum Gasteiger partial charge on any atom is 0.186 e. The largest absolute Gasteiger partial charge is 0.496 e. The van der Waals surface area contributed by atoms with Gasteiger partial charge in [0, 0.05) is 23.8 Å². The Labute approximate surface area is 156 Å². The summed E-state index contributed by atoms with van der Waals surface area (Å²) in [7, 11) is 1.59. The monoisotopic (exact) mass is 371 g/mol. The van der Waals surface area contributed by atoms with Gasteiger partial charge in [-0.1, -0.05) is 12.1 Å². The smallest absolute Gasteiger partial charge is 0.186 e. The van der Waals surface area contributed by atoms with E-state index in [4.69, 9.17) is 4.74 Å². The van der Waals surface area contributed by atoms with E-state index in [1.54, 1.807) is 27.2 Å². The van der Waals surface area contributed by atoms with Crippen LogP contribution in [0.1, 0.15) is 36.5 Å². The third-order valence-electron chi connectivity index (χ3n) is 4.61. The minimum Gasteiger partial charge on any atom is -0.496 e. The highest BCUT2D eigenvalue weighted by atomic mass is 35.5. The molecule has 0 saturated carbocycles. The van der Waals surface area contributed by atoms with E-state index in [0.29, 0.717) is 34.1 Å². The van der Waals surface area contributed by atoms with Gasteiger partial charge in [-0.05, 0) is 26.0 Å². The number of hydrogen-bond donors (Lipinski definition) is 1. The number of hydrogen-bond acceptors (Lipinski definition) is 5. The van der Waals surface area contributed by atoms with Crippen LogP contribution in [0.5, 0.6) is 5.75 Å². The standard InChI is InChI=1S/C19H17N3O3.ClH/c1-19(2)17(24)11-8-13(23)16-15(12(11)9-20-19)21-18(22-16)10-6-4-5-7-14(10)25-3;/h4-7,9H,8H2,1-3H3,(H,21,22);1H. The Hall–Kier alpha value is -2.73. The zero-order chi connectivity index (χ0) is 17.8. The van der Waals surface area contributed by atoms with E-state index in [2.05, 4.69) is 15.0 Å². The van der Waals surface area contributed by atoms with Crippen LogP contribution in [0.15, 0.2) is 34.8 Å². The molecule has 0 amide bonds. The lowest BCUT2D eigenvalue weighted by Gasteiger charge is -2.27. The summed E-state index contributed by atoms with van der Waals surface area (Å²) in [6.45, 7) is 3.50. The Morgan fingerprint density at radius 1 is 1.19 bits per heavy atom. The number of H-pyrrole nitrogens is 1. The molecule has 2 heterocycles. The van der Waals surface area contributed by atoms with Gasteiger partial charge in [0.1, 0.15) is 28.5 Å². The third kappa shape index (κ3) is 2.57. The molecule has 0 saturated heterocycles. The molecule has 0 unspecified atom stereocenters. The number of halogens is 1. The van der Waals surface area contributed by atoms with E-state index in [9.17, 15) is 9.59 Å². The Balaban J connectivity index is 0.00000196. The SMILES string of the molecule is COc1ccccc1-c1nc2c([nH]1)C(=O)CC1=C2C=NC(C)(C)C1=O.Cl. The molecular weight excluding hydrogens is 354 g/mol. The number of aromatic nitrogens is 2. The van der Waals surface area contributed by atoms with Gasteiger partial charge < -0.3 is 9.72 Å². The van der Waals surface area contributed by atoms with Gasteiger partial charge in [0.15, 0.2) is 11.6 Å². The minimum absolute atomic E-state index is 0. The second kappa shape index (κ2) is 6.21. The fraction of sp³-hybridized carbons (Fsp3) is 0.263. The van der Waals surface area contributed by atoms with Gasteiger partial charge in [-0.15, -0.1) is 12.4 Å². The zero-order valence-electron chi connectivity index (χ0n) is 14.6. The molecule has 1 aromatic carbocycles. The van der Waals surface area contributed by atoms with Crippen LogP contribution in [0, 0.1) is 0 Å². The summed E-state index contributed by atoms with van der Waals surface area (Å²) in [5.41, 5.74) is 1.96. The first kappa shape index (κ1) is 18.1. The van der Waals surface area contributed by atoms with Crippen molar-refractivity contribution < 1.29 is 14.3 Å². The highest BCUT2D eigenvalue weighted by Gasteiger charge is 2.39. The highest BCUT2D eigenvalue weighted by molar-refractivity contribution is 6.29. The van der Waals surface area contributed by atoms with Crippen molar-refractivity contribution >= 4 is 35.8 Å². The summed E-state index contributed by atoms with van der Waals surface area (Å²) >= 11 is 0. The number of ether oxygens (including phenoxy) is 1. The number of dihydropyridines is 1. The maximum atomic E-state index is 12.6. The summed E-state index contributed by atoms with van der Waals surface area (Å²) in [6.07, 6.45) is 1.74. The summed E-state index contributed by atoms with van der Waals surface area (Å²) < 4.78 is 5.37. The lowest BCUT2D eigenvalue weighted by atomic mass is 9.81. The number of aliphatic imine (C=N–C) groups is 1. The van der Waals surface area contributed by atoms with E-state index in [1.165, 1.54) is 0 Å². The number of nitrogens with zero attached hydrogens (tertiary/aromatic N) is 2. The number of carbonyl (C=O) groups is 2. The molecule has 1 aliphatic heterocycles. The van der Waals surface area contributed by atoms with Gasteiger partial charge in [0.05, 0.1) is 12.7 Å².